The van der Waals surface area contributed by atoms with Gasteiger partial charge in [0.05, 0.1) is 15.8 Å². The van der Waals surface area contributed by atoms with Crippen LogP contribution in [0.4, 0.5) is 4.39 Å². The summed E-state index contributed by atoms with van der Waals surface area (Å²) in [6.45, 7) is 0.390. The lowest BCUT2D eigenvalue weighted by molar-refractivity contribution is 0.434. The predicted octanol–water partition coefficient (Wildman–Crippen LogP) is 2.44. The van der Waals surface area contributed by atoms with Crippen molar-refractivity contribution in [3.8, 4) is 11.4 Å². The zero-order chi connectivity index (χ0) is 18.1. The molecule has 0 radical (unpaired) electrons. The van der Waals surface area contributed by atoms with Crippen LogP contribution in [-0.4, -0.2) is 45.6 Å². The van der Waals surface area contributed by atoms with E-state index in [0.717, 1.165) is 11.6 Å². The molecule has 1 aliphatic rings. The van der Waals surface area contributed by atoms with E-state index in [-0.39, 0.29) is 21.7 Å². The summed E-state index contributed by atoms with van der Waals surface area (Å²) in [6, 6.07) is 13.1. The highest BCUT2D eigenvalue weighted by molar-refractivity contribution is 8.01. The number of thioether (sulfide) groups is 1. The standard InChI is InChI=1S/C16H14FN5O2S2/c17-14-7-6-12(10-13(14)15-18-20-21-19-15)26(23,24)22-8-9-25-16(22)11-4-2-1-3-5-11/h1-7,10,16H,8-9H2,(H,18,19,20,21). The number of rotatable bonds is 4. The van der Waals surface area contributed by atoms with Gasteiger partial charge in [0.2, 0.25) is 15.8 Å². The molecule has 0 spiro atoms. The third kappa shape index (κ3) is 3.00. The molecule has 1 unspecified atom stereocenters. The predicted molar refractivity (Wildman–Crippen MR) is 95.1 cm³/mol. The molecule has 7 nitrogen and oxygen atoms in total. The van der Waals surface area contributed by atoms with Crippen molar-refractivity contribution < 1.29 is 12.8 Å². The van der Waals surface area contributed by atoms with Crippen LogP contribution in [0.25, 0.3) is 11.4 Å². The summed E-state index contributed by atoms with van der Waals surface area (Å²) < 4.78 is 41.9. The van der Waals surface area contributed by atoms with Gasteiger partial charge in [0.15, 0.2) is 0 Å². The second-order valence-corrected chi connectivity index (χ2v) is 8.71. The quantitative estimate of drug-likeness (QED) is 0.734. The average Bonchev–Trinajstić information content (AvgIpc) is 3.35. The Morgan fingerprint density at radius 3 is 2.73 bits per heavy atom. The number of tetrazole rings is 1. The normalized spacial score (nSPS) is 18.3. The van der Waals surface area contributed by atoms with E-state index in [2.05, 4.69) is 20.6 Å². The second kappa shape index (κ2) is 6.78. The molecule has 2 aromatic carbocycles. The van der Waals surface area contributed by atoms with Crippen LogP contribution in [0, 0.1) is 5.82 Å². The number of nitrogens with zero attached hydrogens (tertiary/aromatic N) is 4. The van der Waals surface area contributed by atoms with Crippen LogP contribution in [0.2, 0.25) is 0 Å². The maximum Gasteiger partial charge on any atom is 0.244 e. The van der Waals surface area contributed by atoms with Gasteiger partial charge in [0.1, 0.15) is 5.82 Å². The Balaban J connectivity index is 1.74. The fourth-order valence-corrected chi connectivity index (χ4v) is 6.10. The van der Waals surface area contributed by atoms with Gasteiger partial charge in [-0.3, -0.25) is 0 Å². The van der Waals surface area contributed by atoms with Crippen LogP contribution < -0.4 is 0 Å². The van der Waals surface area contributed by atoms with E-state index in [9.17, 15) is 12.8 Å². The molecule has 1 fully saturated rings. The fraction of sp³-hybridized carbons (Fsp3) is 0.188. The van der Waals surface area contributed by atoms with Crippen LogP contribution in [0.5, 0.6) is 0 Å². The maximum absolute atomic E-state index is 14.1. The van der Waals surface area contributed by atoms with Crippen molar-refractivity contribution in [3.63, 3.8) is 0 Å². The van der Waals surface area contributed by atoms with Crippen molar-refractivity contribution >= 4 is 21.8 Å². The first kappa shape index (κ1) is 17.1. The first-order chi connectivity index (χ1) is 12.6. The molecule has 4 rings (SSSR count). The summed E-state index contributed by atoms with van der Waals surface area (Å²) in [4.78, 5) is 0.00197. The topological polar surface area (TPSA) is 91.8 Å². The van der Waals surface area contributed by atoms with Gasteiger partial charge in [-0.15, -0.1) is 22.0 Å². The Morgan fingerprint density at radius 1 is 1.19 bits per heavy atom. The summed E-state index contributed by atoms with van der Waals surface area (Å²) in [5.74, 6) is 0.0910. The summed E-state index contributed by atoms with van der Waals surface area (Å²) in [7, 11) is -3.81. The molecule has 0 amide bonds. The molecule has 26 heavy (non-hydrogen) atoms. The van der Waals surface area contributed by atoms with Gasteiger partial charge in [-0.25, -0.2) is 12.8 Å². The molecule has 0 bridgehead atoms. The van der Waals surface area contributed by atoms with Crippen molar-refractivity contribution in [3.05, 3.63) is 59.9 Å². The number of aromatic amines is 1. The van der Waals surface area contributed by atoms with Gasteiger partial charge >= 0.3 is 0 Å². The highest BCUT2D eigenvalue weighted by Crippen LogP contribution is 2.41. The van der Waals surface area contributed by atoms with Crippen molar-refractivity contribution in [1.82, 2.24) is 24.9 Å². The lowest BCUT2D eigenvalue weighted by Gasteiger charge is -2.23. The molecule has 134 valence electrons. The van der Waals surface area contributed by atoms with Crippen molar-refractivity contribution in [2.45, 2.75) is 10.3 Å². The molecule has 1 aliphatic heterocycles. The molecule has 0 aliphatic carbocycles. The number of H-pyrrole nitrogens is 1. The van der Waals surface area contributed by atoms with E-state index in [4.69, 9.17) is 0 Å². The number of hydrogen-bond acceptors (Lipinski definition) is 6. The molecular weight excluding hydrogens is 377 g/mol. The Labute approximate surface area is 153 Å². The Hall–Kier alpha value is -2.30. The Bertz CT molecular complexity index is 1010. The number of halogens is 1. The van der Waals surface area contributed by atoms with E-state index >= 15 is 0 Å². The monoisotopic (exact) mass is 391 g/mol. The van der Waals surface area contributed by atoms with Gasteiger partial charge < -0.3 is 0 Å². The minimum absolute atomic E-state index is 0.00197. The summed E-state index contributed by atoms with van der Waals surface area (Å²) in [6.07, 6.45) is 0. The second-order valence-electron chi connectivity index (χ2n) is 5.63. The lowest BCUT2D eigenvalue weighted by atomic mass is 10.2. The SMILES string of the molecule is O=S(=O)(c1ccc(F)c(-c2nn[nH]n2)c1)N1CCSC1c1ccccc1. The summed E-state index contributed by atoms with van der Waals surface area (Å²) in [5, 5.41) is 12.8. The zero-order valence-corrected chi connectivity index (χ0v) is 15.0. The van der Waals surface area contributed by atoms with Crippen LogP contribution in [0.3, 0.4) is 0 Å². The molecule has 3 aromatic rings. The third-order valence-electron chi connectivity index (χ3n) is 4.06. The van der Waals surface area contributed by atoms with Crippen LogP contribution in [-0.2, 0) is 10.0 Å². The lowest BCUT2D eigenvalue weighted by Crippen LogP contribution is -2.30. The van der Waals surface area contributed by atoms with Gasteiger partial charge in [-0.2, -0.15) is 9.52 Å². The first-order valence-electron chi connectivity index (χ1n) is 7.79. The van der Waals surface area contributed by atoms with Crippen LogP contribution in [0.15, 0.2) is 53.4 Å². The Kier molecular flexibility index (Phi) is 4.47. The Morgan fingerprint density at radius 2 is 2.00 bits per heavy atom. The van der Waals surface area contributed by atoms with E-state index < -0.39 is 15.8 Å². The maximum atomic E-state index is 14.1. The number of benzene rings is 2. The zero-order valence-electron chi connectivity index (χ0n) is 13.4. The number of sulfonamides is 1. The molecular formula is C16H14FN5O2S2. The molecule has 2 heterocycles. The minimum atomic E-state index is -3.81. The third-order valence-corrected chi connectivity index (χ3v) is 7.32. The largest absolute Gasteiger partial charge is 0.244 e. The van der Waals surface area contributed by atoms with Crippen LogP contribution in [0.1, 0.15) is 10.9 Å². The average molecular weight is 391 g/mol. The van der Waals surface area contributed by atoms with Gasteiger partial charge in [-0.05, 0) is 29.0 Å². The highest BCUT2D eigenvalue weighted by Gasteiger charge is 2.37. The van der Waals surface area contributed by atoms with E-state index in [1.165, 1.54) is 16.4 Å². The highest BCUT2D eigenvalue weighted by atomic mass is 32.2. The van der Waals surface area contributed by atoms with E-state index in [1.54, 1.807) is 11.8 Å². The molecule has 1 atom stereocenters. The van der Waals surface area contributed by atoms with Gasteiger partial charge in [0.25, 0.3) is 0 Å². The van der Waals surface area contributed by atoms with E-state index in [1.807, 2.05) is 30.3 Å². The van der Waals surface area contributed by atoms with Crippen molar-refractivity contribution in [2.75, 3.05) is 12.3 Å². The number of hydrogen-bond donors (Lipinski definition) is 1. The molecule has 0 saturated carbocycles. The first-order valence-corrected chi connectivity index (χ1v) is 10.3. The van der Waals surface area contributed by atoms with Crippen molar-refractivity contribution in [2.24, 2.45) is 0 Å². The summed E-state index contributed by atoms with van der Waals surface area (Å²) in [5.41, 5.74) is 0.905. The number of nitrogens with one attached hydrogen (secondary N) is 1. The van der Waals surface area contributed by atoms with Gasteiger partial charge in [-0.1, -0.05) is 30.3 Å². The fourth-order valence-electron chi connectivity index (χ4n) is 2.83. The van der Waals surface area contributed by atoms with Crippen LogP contribution >= 0.6 is 11.8 Å². The minimum Gasteiger partial charge on any atom is -0.207 e. The molecule has 1 saturated heterocycles. The summed E-state index contributed by atoms with van der Waals surface area (Å²) >= 11 is 1.56. The molecule has 1 N–H and O–H groups in total. The van der Waals surface area contributed by atoms with Gasteiger partial charge in [0, 0.05) is 12.3 Å². The smallest absolute Gasteiger partial charge is 0.207 e. The van der Waals surface area contributed by atoms with E-state index in [0.29, 0.717) is 12.3 Å². The number of aromatic nitrogens is 4. The van der Waals surface area contributed by atoms with Crippen molar-refractivity contribution in [1.29, 1.82) is 0 Å². The molecule has 10 heteroatoms. The molecule has 1 aromatic heterocycles.